The van der Waals surface area contributed by atoms with Gasteiger partial charge >= 0.3 is 0 Å². The highest BCUT2D eigenvalue weighted by atomic mass is 16.5. The first kappa shape index (κ1) is 20.5. The van der Waals surface area contributed by atoms with Crippen LogP contribution in [0, 0.1) is 26.7 Å². The van der Waals surface area contributed by atoms with Crippen LogP contribution < -0.4 is 5.32 Å². The molecule has 2 heterocycles. The number of carbonyl (C=O) groups excluding carboxylic acids is 1. The molecule has 152 valence electrons. The van der Waals surface area contributed by atoms with Crippen LogP contribution >= 0.6 is 0 Å². The van der Waals surface area contributed by atoms with Gasteiger partial charge in [-0.15, -0.1) is 5.10 Å². The topological polar surface area (TPSA) is 72.3 Å². The van der Waals surface area contributed by atoms with Crippen molar-refractivity contribution in [3.05, 3.63) is 40.7 Å². The normalized spacial score (nSPS) is 16.4. The minimum Gasteiger partial charge on any atom is -0.379 e. The molecule has 0 spiro atoms. The third kappa shape index (κ3) is 4.59. The molecule has 1 aromatic heterocycles. The fourth-order valence-electron chi connectivity index (χ4n) is 3.70. The molecule has 28 heavy (non-hydrogen) atoms. The lowest BCUT2D eigenvalue weighted by molar-refractivity contribution is 0.00671. The molecule has 0 aliphatic carbocycles. The van der Waals surface area contributed by atoms with Crippen LogP contribution in [0.15, 0.2) is 18.2 Å². The number of rotatable bonds is 6. The van der Waals surface area contributed by atoms with Gasteiger partial charge in [-0.05, 0) is 38.3 Å². The average Bonchev–Trinajstić information content (AvgIpc) is 3.04. The smallest absolute Gasteiger partial charge is 0.273 e. The van der Waals surface area contributed by atoms with E-state index < -0.39 is 0 Å². The summed E-state index contributed by atoms with van der Waals surface area (Å²) in [5, 5.41) is 12.0. The van der Waals surface area contributed by atoms with Gasteiger partial charge in [0.05, 0.1) is 24.6 Å². The zero-order chi connectivity index (χ0) is 20.3. The highest BCUT2D eigenvalue weighted by Gasteiger charge is 2.25. The minimum absolute atomic E-state index is 0.174. The standard InChI is InChI=1S/C21H31N5O2/c1-14(2)19(25-8-10-28-11-9-25)13-22-21(27)20-17(5)23-26(24-20)18-7-6-15(3)12-16(18)4/h6-7,12,14,19H,8-11,13H2,1-5H3,(H,22,27). The van der Waals surface area contributed by atoms with Crippen LogP contribution in [0.1, 0.15) is 41.2 Å². The molecule has 1 aliphatic rings. The number of hydrogen-bond acceptors (Lipinski definition) is 5. The predicted octanol–water partition coefficient (Wildman–Crippen LogP) is 2.28. The molecule has 1 saturated heterocycles. The quantitative estimate of drug-likeness (QED) is 0.826. The Morgan fingerprint density at radius 2 is 1.89 bits per heavy atom. The molecule has 0 bridgehead atoms. The van der Waals surface area contributed by atoms with E-state index in [0.717, 1.165) is 37.6 Å². The van der Waals surface area contributed by atoms with Crippen LogP contribution in [-0.4, -0.2) is 64.7 Å². The van der Waals surface area contributed by atoms with E-state index in [1.165, 1.54) is 5.56 Å². The second-order valence-corrected chi connectivity index (χ2v) is 7.88. The lowest BCUT2D eigenvalue weighted by atomic mass is 10.0. The maximum atomic E-state index is 12.8. The highest BCUT2D eigenvalue weighted by molar-refractivity contribution is 5.93. The summed E-state index contributed by atoms with van der Waals surface area (Å²) < 4.78 is 5.45. The van der Waals surface area contributed by atoms with Crippen LogP contribution in [0.2, 0.25) is 0 Å². The van der Waals surface area contributed by atoms with Crippen molar-refractivity contribution in [1.82, 2.24) is 25.2 Å². The number of benzene rings is 1. The summed E-state index contributed by atoms with van der Waals surface area (Å²) in [7, 11) is 0. The van der Waals surface area contributed by atoms with E-state index in [9.17, 15) is 4.79 Å². The van der Waals surface area contributed by atoms with Crippen LogP contribution in [-0.2, 0) is 4.74 Å². The molecular formula is C21H31N5O2. The molecule has 0 radical (unpaired) electrons. The van der Waals surface area contributed by atoms with Gasteiger partial charge in [-0.3, -0.25) is 9.69 Å². The Hall–Kier alpha value is -2.25. The van der Waals surface area contributed by atoms with Crippen molar-refractivity contribution in [2.75, 3.05) is 32.8 Å². The molecule has 1 aliphatic heterocycles. The molecule has 1 unspecified atom stereocenters. The minimum atomic E-state index is -0.174. The lowest BCUT2D eigenvalue weighted by Crippen LogP contribution is -2.51. The van der Waals surface area contributed by atoms with E-state index in [-0.39, 0.29) is 11.9 Å². The van der Waals surface area contributed by atoms with E-state index in [1.54, 1.807) is 4.80 Å². The summed E-state index contributed by atoms with van der Waals surface area (Å²) in [6.07, 6.45) is 0. The highest BCUT2D eigenvalue weighted by Crippen LogP contribution is 2.16. The monoisotopic (exact) mass is 385 g/mol. The number of nitrogens with zero attached hydrogens (tertiary/aromatic N) is 4. The SMILES string of the molecule is Cc1ccc(-n2nc(C)c(C(=O)NCC(C(C)C)N3CCOCC3)n2)c(C)c1. The van der Waals surface area contributed by atoms with E-state index in [1.807, 2.05) is 26.0 Å². The first-order chi connectivity index (χ1) is 13.4. The number of aryl methyl sites for hydroxylation is 3. The van der Waals surface area contributed by atoms with Gasteiger partial charge < -0.3 is 10.1 Å². The van der Waals surface area contributed by atoms with Gasteiger partial charge in [0.15, 0.2) is 5.69 Å². The zero-order valence-corrected chi connectivity index (χ0v) is 17.5. The van der Waals surface area contributed by atoms with Crippen LogP contribution in [0.3, 0.4) is 0 Å². The number of hydrogen-bond donors (Lipinski definition) is 1. The van der Waals surface area contributed by atoms with Crippen molar-refractivity contribution < 1.29 is 9.53 Å². The van der Waals surface area contributed by atoms with Crippen molar-refractivity contribution in [3.63, 3.8) is 0 Å². The second kappa shape index (κ2) is 8.84. The average molecular weight is 386 g/mol. The van der Waals surface area contributed by atoms with E-state index in [0.29, 0.717) is 23.9 Å². The largest absolute Gasteiger partial charge is 0.379 e. The third-order valence-electron chi connectivity index (χ3n) is 5.32. The van der Waals surface area contributed by atoms with Gasteiger partial charge in [0.2, 0.25) is 0 Å². The number of nitrogens with one attached hydrogen (secondary N) is 1. The summed E-state index contributed by atoms with van der Waals surface area (Å²) in [6, 6.07) is 6.38. The van der Waals surface area contributed by atoms with Crippen molar-refractivity contribution in [3.8, 4) is 5.69 Å². The Balaban J connectivity index is 1.71. The van der Waals surface area contributed by atoms with Crippen LogP contribution in [0.5, 0.6) is 0 Å². The maximum Gasteiger partial charge on any atom is 0.273 e. The third-order valence-corrected chi connectivity index (χ3v) is 5.32. The number of aromatic nitrogens is 3. The van der Waals surface area contributed by atoms with Crippen LogP contribution in [0.25, 0.3) is 5.69 Å². The Morgan fingerprint density at radius 1 is 1.18 bits per heavy atom. The van der Waals surface area contributed by atoms with Crippen molar-refractivity contribution in [2.24, 2.45) is 5.92 Å². The molecule has 1 N–H and O–H groups in total. The van der Waals surface area contributed by atoms with Crippen molar-refractivity contribution >= 4 is 5.91 Å². The Kier molecular flexibility index (Phi) is 6.46. The molecule has 1 atom stereocenters. The van der Waals surface area contributed by atoms with Crippen molar-refractivity contribution in [1.29, 1.82) is 0 Å². The molecule has 1 aromatic carbocycles. The van der Waals surface area contributed by atoms with Gasteiger partial charge in [0, 0.05) is 25.7 Å². The fourth-order valence-corrected chi connectivity index (χ4v) is 3.70. The van der Waals surface area contributed by atoms with Crippen molar-refractivity contribution in [2.45, 2.75) is 40.7 Å². The van der Waals surface area contributed by atoms with Gasteiger partial charge in [0.25, 0.3) is 5.91 Å². The van der Waals surface area contributed by atoms with Gasteiger partial charge in [-0.1, -0.05) is 31.5 Å². The fraction of sp³-hybridized carbons (Fsp3) is 0.571. The van der Waals surface area contributed by atoms with Gasteiger partial charge in [0.1, 0.15) is 0 Å². The van der Waals surface area contributed by atoms with Gasteiger partial charge in [-0.2, -0.15) is 9.90 Å². The molecular weight excluding hydrogens is 354 g/mol. The summed E-state index contributed by atoms with van der Waals surface area (Å²) in [6.45, 7) is 14.2. The number of ether oxygens (including phenoxy) is 1. The summed E-state index contributed by atoms with van der Waals surface area (Å²) in [4.78, 5) is 16.7. The summed E-state index contributed by atoms with van der Waals surface area (Å²) in [5.41, 5.74) is 4.16. The van der Waals surface area contributed by atoms with E-state index in [2.05, 4.69) is 47.3 Å². The number of morpholine rings is 1. The van der Waals surface area contributed by atoms with E-state index in [4.69, 9.17) is 4.74 Å². The molecule has 3 rings (SSSR count). The molecule has 2 aromatic rings. The lowest BCUT2D eigenvalue weighted by Gasteiger charge is -2.36. The van der Waals surface area contributed by atoms with E-state index >= 15 is 0 Å². The molecule has 1 fully saturated rings. The van der Waals surface area contributed by atoms with Crippen LogP contribution in [0.4, 0.5) is 0 Å². The summed E-state index contributed by atoms with van der Waals surface area (Å²) >= 11 is 0. The number of amides is 1. The predicted molar refractivity (Wildman–Crippen MR) is 109 cm³/mol. The molecule has 7 heteroatoms. The number of carbonyl (C=O) groups is 1. The molecule has 7 nitrogen and oxygen atoms in total. The molecule has 1 amide bonds. The zero-order valence-electron chi connectivity index (χ0n) is 17.5. The summed E-state index contributed by atoms with van der Waals surface area (Å²) in [5.74, 6) is 0.262. The maximum absolute atomic E-state index is 12.8. The molecule has 0 saturated carbocycles. The Bertz CT molecular complexity index is 824. The first-order valence-corrected chi connectivity index (χ1v) is 9.98. The second-order valence-electron chi connectivity index (χ2n) is 7.88. The first-order valence-electron chi connectivity index (χ1n) is 9.98. The Labute approximate surface area is 167 Å². The van der Waals surface area contributed by atoms with Gasteiger partial charge in [-0.25, -0.2) is 0 Å². The Morgan fingerprint density at radius 3 is 2.54 bits per heavy atom.